The SMILES string of the molecule is COC(=O)[C@@H]1C[C@H](N(C)OC(C)=O)CN1S(=O)(=O)c1ccc(C)cc1. The van der Waals surface area contributed by atoms with Gasteiger partial charge in [0.1, 0.15) is 6.04 Å². The smallest absolute Gasteiger partial charge is 0.324 e. The maximum atomic E-state index is 13.0. The Kier molecular flexibility index (Phi) is 5.81. The van der Waals surface area contributed by atoms with Gasteiger partial charge in [-0.2, -0.15) is 4.31 Å². The minimum atomic E-state index is -3.89. The molecule has 0 N–H and O–H groups in total. The van der Waals surface area contributed by atoms with E-state index in [1.807, 2.05) is 6.92 Å². The van der Waals surface area contributed by atoms with E-state index in [2.05, 4.69) is 0 Å². The van der Waals surface area contributed by atoms with Gasteiger partial charge in [0.15, 0.2) is 0 Å². The average Bonchev–Trinajstić information content (AvgIpc) is 3.00. The van der Waals surface area contributed by atoms with Gasteiger partial charge in [-0.1, -0.05) is 17.7 Å². The summed E-state index contributed by atoms with van der Waals surface area (Å²) in [4.78, 5) is 28.3. The lowest BCUT2D eigenvalue weighted by molar-refractivity contribution is -0.190. The van der Waals surface area contributed by atoms with E-state index in [0.29, 0.717) is 0 Å². The van der Waals surface area contributed by atoms with Gasteiger partial charge in [-0.25, -0.2) is 8.42 Å². The minimum absolute atomic E-state index is 0.0136. The molecule has 0 spiro atoms. The molecule has 2 atom stereocenters. The number of rotatable bonds is 5. The van der Waals surface area contributed by atoms with Crippen molar-refractivity contribution >= 4 is 22.0 Å². The Bertz CT molecular complexity index is 746. The third kappa shape index (κ3) is 4.17. The zero-order chi connectivity index (χ0) is 18.8. The summed E-state index contributed by atoms with van der Waals surface area (Å²) < 4.78 is 31.8. The molecule has 138 valence electrons. The van der Waals surface area contributed by atoms with Crippen LogP contribution in [-0.4, -0.2) is 62.5 Å². The van der Waals surface area contributed by atoms with Crippen molar-refractivity contribution in [3.05, 3.63) is 29.8 Å². The van der Waals surface area contributed by atoms with Gasteiger partial charge in [0.05, 0.1) is 18.0 Å². The quantitative estimate of drug-likeness (QED) is 0.557. The summed E-state index contributed by atoms with van der Waals surface area (Å²) in [5.74, 6) is -1.16. The minimum Gasteiger partial charge on any atom is -0.468 e. The van der Waals surface area contributed by atoms with Crippen LogP contribution in [0.2, 0.25) is 0 Å². The second kappa shape index (κ2) is 7.51. The predicted octanol–water partition coefficient (Wildman–Crippen LogP) is 0.710. The number of sulfonamides is 1. The first-order valence-electron chi connectivity index (χ1n) is 7.74. The Morgan fingerprint density at radius 1 is 1.24 bits per heavy atom. The number of benzene rings is 1. The standard InChI is InChI=1S/C16H22N2O6S/c1-11-5-7-14(8-6-11)25(21,22)18-10-13(17(3)24-12(2)19)9-15(18)16(20)23-4/h5-8,13,15H,9-10H2,1-4H3/t13-,15-/m0/s1. The van der Waals surface area contributed by atoms with Crippen LogP contribution in [0.3, 0.4) is 0 Å². The molecule has 1 saturated heterocycles. The lowest BCUT2D eigenvalue weighted by atomic mass is 10.2. The molecule has 0 amide bonds. The summed E-state index contributed by atoms with van der Waals surface area (Å²) >= 11 is 0. The Morgan fingerprint density at radius 3 is 2.36 bits per heavy atom. The fourth-order valence-electron chi connectivity index (χ4n) is 2.79. The molecule has 1 heterocycles. The van der Waals surface area contributed by atoms with Crippen LogP contribution < -0.4 is 0 Å². The average molecular weight is 370 g/mol. The van der Waals surface area contributed by atoms with Gasteiger partial charge in [0, 0.05) is 20.5 Å². The summed E-state index contributed by atoms with van der Waals surface area (Å²) in [6, 6.07) is 4.97. The van der Waals surface area contributed by atoms with Crippen molar-refractivity contribution in [2.75, 3.05) is 20.7 Å². The number of hydrogen-bond acceptors (Lipinski definition) is 7. The van der Waals surface area contributed by atoms with Crippen LogP contribution in [0, 0.1) is 6.92 Å². The lowest BCUT2D eigenvalue weighted by Gasteiger charge is -2.23. The monoisotopic (exact) mass is 370 g/mol. The van der Waals surface area contributed by atoms with Gasteiger partial charge in [-0.05, 0) is 25.5 Å². The number of esters is 1. The highest BCUT2D eigenvalue weighted by atomic mass is 32.2. The van der Waals surface area contributed by atoms with E-state index in [1.54, 1.807) is 12.1 Å². The molecule has 1 aliphatic rings. The normalized spacial score (nSPS) is 21.3. The van der Waals surface area contributed by atoms with Crippen LogP contribution in [0.1, 0.15) is 18.9 Å². The first kappa shape index (κ1) is 19.4. The molecule has 0 radical (unpaired) electrons. The van der Waals surface area contributed by atoms with Crippen molar-refractivity contribution < 1.29 is 27.6 Å². The van der Waals surface area contributed by atoms with Crippen molar-refractivity contribution in [1.82, 2.24) is 9.37 Å². The van der Waals surface area contributed by atoms with E-state index < -0.39 is 34.0 Å². The second-order valence-corrected chi connectivity index (χ2v) is 7.84. The molecule has 0 aliphatic carbocycles. The first-order valence-corrected chi connectivity index (χ1v) is 9.18. The molecule has 0 saturated carbocycles. The molecular weight excluding hydrogens is 348 g/mol. The van der Waals surface area contributed by atoms with Crippen molar-refractivity contribution in [1.29, 1.82) is 0 Å². The van der Waals surface area contributed by atoms with Gasteiger partial charge in [0.2, 0.25) is 10.0 Å². The molecule has 0 aromatic heterocycles. The molecule has 0 unspecified atom stereocenters. The van der Waals surface area contributed by atoms with Gasteiger partial charge in [0.25, 0.3) is 0 Å². The van der Waals surface area contributed by atoms with E-state index in [4.69, 9.17) is 9.57 Å². The fourth-order valence-corrected chi connectivity index (χ4v) is 4.41. The molecule has 1 aromatic carbocycles. The van der Waals surface area contributed by atoms with E-state index in [1.165, 1.54) is 38.3 Å². The van der Waals surface area contributed by atoms with Gasteiger partial charge in [-0.15, -0.1) is 5.06 Å². The lowest BCUT2D eigenvalue weighted by Crippen LogP contribution is -2.41. The summed E-state index contributed by atoms with van der Waals surface area (Å²) in [5, 5.41) is 1.28. The summed E-state index contributed by atoms with van der Waals surface area (Å²) in [5.41, 5.74) is 0.928. The van der Waals surface area contributed by atoms with Gasteiger partial charge in [-0.3, -0.25) is 9.59 Å². The van der Waals surface area contributed by atoms with Crippen molar-refractivity contribution in [2.24, 2.45) is 0 Å². The number of hydrogen-bond donors (Lipinski definition) is 0. The number of methoxy groups -OCH3 is 1. The Labute approximate surface area is 147 Å². The zero-order valence-corrected chi connectivity index (χ0v) is 15.4. The highest BCUT2D eigenvalue weighted by molar-refractivity contribution is 7.89. The fraction of sp³-hybridized carbons (Fsp3) is 0.500. The maximum absolute atomic E-state index is 13.0. The molecule has 0 bridgehead atoms. The van der Waals surface area contributed by atoms with Crippen LogP contribution in [0.15, 0.2) is 29.2 Å². The maximum Gasteiger partial charge on any atom is 0.324 e. The van der Waals surface area contributed by atoms with Crippen LogP contribution in [-0.2, 0) is 29.2 Å². The molecule has 8 nitrogen and oxygen atoms in total. The third-order valence-corrected chi connectivity index (χ3v) is 6.01. The van der Waals surface area contributed by atoms with Gasteiger partial charge >= 0.3 is 11.9 Å². The number of carbonyl (C=O) groups excluding carboxylic acids is 2. The predicted molar refractivity (Wildman–Crippen MR) is 88.8 cm³/mol. The van der Waals surface area contributed by atoms with Crippen LogP contribution in [0.4, 0.5) is 0 Å². The van der Waals surface area contributed by atoms with Crippen molar-refractivity contribution in [2.45, 2.75) is 37.2 Å². The van der Waals surface area contributed by atoms with Crippen LogP contribution in [0.25, 0.3) is 0 Å². The number of carbonyl (C=O) groups is 2. The molecular formula is C16H22N2O6S. The topological polar surface area (TPSA) is 93.2 Å². The molecule has 1 aliphatic heterocycles. The van der Waals surface area contributed by atoms with E-state index in [9.17, 15) is 18.0 Å². The molecule has 9 heteroatoms. The number of hydroxylamine groups is 2. The summed E-state index contributed by atoms with van der Waals surface area (Å²) in [6.45, 7) is 3.12. The highest BCUT2D eigenvalue weighted by Gasteiger charge is 2.46. The first-order chi connectivity index (χ1) is 11.7. The molecule has 1 aromatic rings. The van der Waals surface area contributed by atoms with E-state index in [-0.39, 0.29) is 17.9 Å². The van der Waals surface area contributed by atoms with Crippen molar-refractivity contribution in [3.63, 3.8) is 0 Å². The number of likely N-dealkylation sites (N-methyl/N-ethyl adjacent to an activating group) is 1. The molecule has 2 rings (SSSR count). The number of aryl methyl sites for hydroxylation is 1. The zero-order valence-electron chi connectivity index (χ0n) is 14.6. The largest absolute Gasteiger partial charge is 0.468 e. The van der Waals surface area contributed by atoms with Crippen molar-refractivity contribution in [3.8, 4) is 0 Å². The summed E-state index contributed by atoms with van der Waals surface area (Å²) in [6.07, 6.45) is 0.168. The van der Waals surface area contributed by atoms with E-state index >= 15 is 0 Å². The number of nitrogens with zero attached hydrogens (tertiary/aromatic N) is 2. The Balaban J connectivity index is 2.33. The Morgan fingerprint density at radius 2 is 1.84 bits per heavy atom. The van der Waals surface area contributed by atoms with Crippen LogP contribution >= 0.6 is 0 Å². The molecule has 25 heavy (non-hydrogen) atoms. The third-order valence-electron chi connectivity index (χ3n) is 4.12. The summed E-state index contributed by atoms with van der Waals surface area (Å²) in [7, 11) is -1.15. The highest BCUT2D eigenvalue weighted by Crippen LogP contribution is 2.29. The van der Waals surface area contributed by atoms with E-state index in [0.717, 1.165) is 9.87 Å². The second-order valence-electron chi connectivity index (χ2n) is 5.95. The van der Waals surface area contributed by atoms with Gasteiger partial charge < -0.3 is 9.57 Å². The van der Waals surface area contributed by atoms with Crippen LogP contribution in [0.5, 0.6) is 0 Å². The Hall–Kier alpha value is -1.97. The molecule has 1 fully saturated rings. The number of ether oxygens (including phenoxy) is 1.